The zero-order valence-corrected chi connectivity index (χ0v) is 16.2. The van der Waals surface area contributed by atoms with E-state index < -0.39 is 0 Å². The van der Waals surface area contributed by atoms with Crippen molar-refractivity contribution in [3.63, 3.8) is 0 Å². The van der Waals surface area contributed by atoms with Gasteiger partial charge in [0, 0.05) is 38.4 Å². The van der Waals surface area contributed by atoms with Crippen molar-refractivity contribution in [2.75, 3.05) is 38.0 Å². The summed E-state index contributed by atoms with van der Waals surface area (Å²) in [5.74, 6) is -0.0347. The first-order valence-corrected chi connectivity index (χ1v) is 9.65. The Labute approximate surface area is 166 Å². The molecule has 1 saturated heterocycles. The second-order valence-electron chi connectivity index (χ2n) is 7.01. The van der Waals surface area contributed by atoms with Gasteiger partial charge in [0.05, 0.1) is 17.7 Å². The smallest absolute Gasteiger partial charge is 0.241 e. The van der Waals surface area contributed by atoms with Crippen LogP contribution in [0.15, 0.2) is 60.7 Å². The third-order valence-electron chi connectivity index (χ3n) is 5.07. The second kappa shape index (κ2) is 9.84. The Bertz CT molecular complexity index is 848. The summed E-state index contributed by atoms with van der Waals surface area (Å²) in [7, 11) is 0. The summed E-state index contributed by atoms with van der Waals surface area (Å²) in [4.78, 5) is 17.2. The molecule has 0 unspecified atom stereocenters. The standard InChI is InChI=1S/C23H26N4O/c1-19(23(28)25-22-11-5-9-21(17-22)18-24)27-15-13-26(14-16-27)12-6-10-20-7-3-2-4-8-20/h2-11,17,19H,12-16H2,1H3,(H,25,28)/b10-6+/t19-/m1/s1. The molecule has 5 heteroatoms. The van der Waals surface area contributed by atoms with Crippen LogP contribution in [0.4, 0.5) is 5.69 Å². The third kappa shape index (κ3) is 5.53. The zero-order valence-electron chi connectivity index (χ0n) is 16.2. The van der Waals surface area contributed by atoms with Gasteiger partial charge in [-0.15, -0.1) is 0 Å². The number of benzene rings is 2. The van der Waals surface area contributed by atoms with Crippen LogP contribution < -0.4 is 5.32 Å². The van der Waals surface area contributed by atoms with Crippen LogP contribution >= 0.6 is 0 Å². The molecule has 144 valence electrons. The minimum absolute atomic E-state index is 0.0347. The van der Waals surface area contributed by atoms with Gasteiger partial charge in [-0.05, 0) is 30.7 Å². The molecule has 1 aliphatic heterocycles. The Morgan fingerprint density at radius 1 is 1.14 bits per heavy atom. The van der Waals surface area contributed by atoms with E-state index in [1.54, 1.807) is 18.2 Å². The summed E-state index contributed by atoms with van der Waals surface area (Å²) < 4.78 is 0. The van der Waals surface area contributed by atoms with Gasteiger partial charge in [-0.25, -0.2) is 0 Å². The van der Waals surface area contributed by atoms with Gasteiger partial charge in [-0.2, -0.15) is 5.26 Å². The van der Waals surface area contributed by atoms with Crippen molar-refractivity contribution in [3.8, 4) is 6.07 Å². The van der Waals surface area contributed by atoms with Crippen molar-refractivity contribution >= 4 is 17.7 Å². The van der Waals surface area contributed by atoms with Crippen molar-refractivity contribution in [2.45, 2.75) is 13.0 Å². The topological polar surface area (TPSA) is 59.4 Å². The minimum Gasteiger partial charge on any atom is -0.325 e. The summed E-state index contributed by atoms with van der Waals surface area (Å²) in [5, 5.41) is 11.9. The lowest BCUT2D eigenvalue weighted by Crippen LogP contribution is -2.52. The molecule has 0 aliphatic carbocycles. The van der Waals surface area contributed by atoms with E-state index in [0.717, 1.165) is 32.7 Å². The summed E-state index contributed by atoms with van der Waals surface area (Å²) >= 11 is 0. The van der Waals surface area contributed by atoms with Gasteiger partial charge < -0.3 is 5.32 Å². The normalized spacial score (nSPS) is 16.6. The number of carbonyl (C=O) groups excluding carboxylic acids is 1. The van der Waals surface area contributed by atoms with Crippen LogP contribution in [0.3, 0.4) is 0 Å². The first-order valence-electron chi connectivity index (χ1n) is 9.65. The quantitative estimate of drug-likeness (QED) is 0.843. The van der Waals surface area contributed by atoms with E-state index in [1.807, 2.05) is 31.2 Å². The molecule has 1 N–H and O–H groups in total. The van der Waals surface area contributed by atoms with Gasteiger partial charge in [0.1, 0.15) is 0 Å². The molecule has 0 aromatic heterocycles. The van der Waals surface area contributed by atoms with Crippen LogP contribution in [0.25, 0.3) is 6.08 Å². The fourth-order valence-electron chi connectivity index (χ4n) is 3.31. The number of hydrogen-bond donors (Lipinski definition) is 1. The number of carbonyl (C=O) groups is 1. The number of amides is 1. The third-order valence-corrected chi connectivity index (χ3v) is 5.07. The fourth-order valence-corrected chi connectivity index (χ4v) is 3.31. The predicted octanol–water partition coefficient (Wildman–Crippen LogP) is 3.22. The molecule has 0 radical (unpaired) electrons. The highest BCUT2D eigenvalue weighted by molar-refractivity contribution is 5.94. The molecule has 5 nitrogen and oxygen atoms in total. The maximum atomic E-state index is 12.6. The fraction of sp³-hybridized carbons (Fsp3) is 0.304. The number of piperazine rings is 1. The van der Waals surface area contributed by atoms with Gasteiger partial charge >= 0.3 is 0 Å². The maximum absolute atomic E-state index is 12.6. The molecule has 1 amide bonds. The highest BCUT2D eigenvalue weighted by Crippen LogP contribution is 2.13. The van der Waals surface area contributed by atoms with Gasteiger partial charge in [0.25, 0.3) is 0 Å². The lowest BCUT2D eigenvalue weighted by atomic mass is 10.2. The number of nitriles is 1. The van der Waals surface area contributed by atoms with Crippen molar-refractivity contribution in [1.82, 2.24) is 9.80 Å². The second-order valence-corrected chi connectivity index (χ2v) is 7.01. The summed E-state index contributed by atoms with van der Waals surface area (Å²) in [5.41, 5.74) is 2.43. The maximum Gasteiger partial charge on any atom is 0.241 e. The van der Waals surface area contributed by atoms with Gasteiger partial charge in [-0.3, -0.25) is 14.6 Å². The van der Waals surface area contributed by atoms with Crippen LogP contribution in [0.2, 0.25) is 0 Å². The largest absolute Gasteiger partial charge is 0.325 e. The molecular formula is C23H26N4O. The average molecular weight is 374 g/mol. The molecule has 2 aromatic carbocycles. The highest BCUT2D eigenvalue weighted by Gasteiger charge is 2.25. The molecule has 1 aliphatic rings. The molecule has 0 saturated carbocycles. The number of anilines is 1. The molecule has 1 heterocycles. The Hall–Kier alpha value is -2.94. The first kappa shape index (κ1) is 19.8. The molecule has 0 bridgehead atoms. The van der Waals surface area contributed by atoms with E-state index in [0.29, 0.717) is 11.3 Å². The summed E-state index contributed by atoms with van der Waals surface area (Å²) in [6, 6.07) is 19.2. The van der Waals surface area contributed by atoms with E-state index in [-0.39, 0.29) is 11.9 Å². The lowest BCUT2D eigenvalue weighted by Gasteiger charge is -2.37. The molecule has 1 atom stereocenters. The molecule has 3 rings (SSSR count). The average Bonchev–Trinajstić information content (AvgIpc) is 2.74. The number of nitrogens with zero attached hydrogens (tertiary/aromatic N) is 3. The molecule has 2 aromatic rings. The molecule has 28 heavy (non-hydrogen) atoms. The van der Waals surface area contributed by atoms with Crippen molar-refractivity contribution in [2.24, 2.45) is 0 Å². The Kier molecular flexibility index (Phi) is 6.96. The zero-order chi connectivity index (χ0) is 19.8. The molecule has 1 fully saturated rings. The van der Waals surface area contributed by atoms with Crippen LogP contribution in [-0.2, 0) is 4.79 Å². The van der Waals surface area contributed by atoms with E-state index in [2.05, 4.69) is 45.5 Å². The van der Waals surface area contributed by atoms with Gasteiger partial charge in [0.15, 0.2) is 0 Å². The van der Waals surface area contributed by atoms with Crippen LogP contribution in [0, 0.1) is 11.3 Å². The Morgan fingerprint density at radius 3 is 2.61 bits per heavy atom. The van der Waals surface area contributed by atoms with E-state index in [4.69, 9.17) is 5.26 Å². The molecular weight excluding hydrogens is 348 g/mol. The van der Waals surface area contributed by atoms with Crippen molar-refractivity contribution in [1.29, 1.82) is 5.26 Å². The van der Waals surface area contributed by atoms with Crippen LogP contribution in [0.1, 0.15) is 18.1 Å². The summed E-state index contributed by atoms with van der Waals surface area (Å²) in [6.07, 6.45) is 4.35. The number of rotatable bonds is 6. The highest BCUT2D eigenvalue weighted by atomic mass is 16.2. The molecule has 0 spiro atoms. The predicted molar refractivity (Wildman–Crippen MR) is 113 cm³/mol. The minimum atomic E-state index is -0.201. The van der Waals surface area contributed by atoms with Gasteiger partial charge in [-0.1, -0.05) is 48.6 Å². The number of hydrogen-bond acceptors (Lipinski definition) is 4. The Balaban J connectivity index is 1.45. The van der Waals surface area contributed by atoms with E-state index in [9.17, 15) is 4.79 Å². The summed E-state index contributed by atoms with van der Waals surface area (Å²) in [6.45, 7) is 6.48. The van der Waals surface area contributed by atoms with Crippen LogP contribution in [0.5, 0.6) is 0 Å². The van der Waals surface area contributed by atoms with E-state index >= 15 is 0 Å². The van der Waals surface area contributed by atoms with Gasteiger partial charge in [0.2, 0.25) is 5.91 Å². The monoisotopic (exact) mass is 374 g/mol. The lowest BCUT2D eigenvalue weighted by molar-refractivity contribution is -0.121. The Morgan fingerprint density at radius 2 is 1.89 bits per heavy atom. The van der Waals surface area contributed by atoms with Crippen molar-refractivity contribution in [3.05, 3.63) is 71.8 Å². The SMILES string of the molecule is C[C@H](C(=O)Nc1cccc(C#N)c1)N1CCN(C/C=C/c2ccccc2)CC1. The van der Waals surface area contributed by atoms with Crippen molar-refractivity contribution < 1.29 is 4.79 Å². The van der Waals surface area contributed by atoms with Crippen LogP contribution in [-0.4, -0.2) is 54.5 Å². The number of nitrogens with one attached hydrogen (secondary N) is 1. The first-order chi connectivity index (χ1) is 13.7. The van der Waals surface area contributed by atoms with E-state index in [1.165, 1.54) is 5.56 Å².